The molecule has 1 aliphatic heterocycles. The molecule has 102 valence electrons. The van der Waals surface area contributed by atoms with Crippen LogP contribution < -0.4 is 11.2 Å². The van der Waals surface area contributed by atoms with Crippen molar-refractivity contribution >= 4 is 34.9 Å². The third-order valence-electron chi connectivity index (χ3n) is 2.56. The highest BCUT2D eigenvalue weighted by Crippen LogP contribution is 2.09. The van der Waals surface area contributed by atoms with Gasteiger partial charge in [-0.1, -0.05) is 0 Å². The average Bonchev–Trinajstić information content (AvgIpc) is 2.46. The third-order valence-corrected chi connectivity index (χ3v) is 3.85. The van der Waals surface area contributed by atoms with Crippen LogP contribution in [0.2, 0.25) is 0 Å². The molecule has 3 N–H and O–H groups in total. The molecule has 8 heteroatoms. The number of hydrogen-bond acceptors (Lipinski definition) is 4. The maximum atomic E-state index is 12.7. The van der Waals surface area contributed by atoms with Gasteiger partial charge in [-0.3, -0.25) is 5.43 Å². The molecule has 0 aromatic carbocycles. The number of nitrogens with zero attached hydrogens (tertiary/aromatic N) is 3. The lowest BCUT2D eigenvalue weighted by molar-refractivity contribution is 0.455. The molecule has 0 radical (unpaired) electrons. The van der Waals surface area contributed by atoms with Gasteiger partial charge in [0.15, 0.2) is 10.9 Å². The topological polar surface area (TPSA) is 66.5 Å². The summed E-state index contributed by atoms with van der Waals surface area (Å²) in [6.45, 7) is 1.81. The smallest absolute Gasteiger partial charge is 0.189 e. The quantitative estimate of drug-likeness (QED) is 0.364. The van der Waals surface area contributed by atoms with E-state index in [1.165, 1.54) is 12.1 Å². The second-order valence-corrected chi connectivity index (χ2v) is 5.49. The molecule has 0 amide bonds. The van der Waals surface area contributed by atoms with E-state index in [4.69, 9.17) is 18.0 Å². The molecule has 0 bridgehead atoms. The van der Waals surface area contributed by atoms with E-state index in [2.05, 4.69) is 15.5 Å². The van der Waals surface area contributed by atoms with E-state index in [-0.39, 0.29) is 5.84 Å². The van der Waals surface area contributed by atoms with Gasteiger partial charge < -0.3 is 10.6 Å². The van der Waals surface area contributed by atoms with Gasteiger partial charge in [0.25, 0.3) is 0 Å². The Balaban J connectivity index is 1.93. The van der Waals surface area contributed by atoms with E-state index in [0.29, 0.717) is 10.8 Å². The predicted octanol–water partition coefficient (Wildman–Crippen LogP) is 0.764. The number of hydrazone groups is 1. The molecule has 1 saturated heterocycles. The summed E-state index contributed by atoms with van der Waals surface area (Å²) in [4.78, 5) is 5.88. The van der Waals surface area contributed by atoms with Crippen molar-refractivity contribution in [3.05, 3.63) is 29.8 Å². The van der Waals surface area contributed by atoms with Crippen LogP contribution in [0.5, 0.6) is 0 Å². The second kappa shape index (κ2) is 6.67. The predicted molar refractivity (Wildman–Crippen MR) is 79.6 cm³/mol. The molecule has 5 nitrogen and oxygen atoms in total. The first-order chi connectivity index (χ1) is 9.16. The van der Waals surface area contributed by atoms with Crippen LogP contribution >= 0.6 is 24.0 Å². The Morgan fingerprint density at radius 2 is 2.21 bits per heavy atom. The monoisotopic (exact) mass is 299 g/mol. The Kier molecular flexibility index (Phi) is 4.92. The molecule has 0 aliphatic carbocycles. The zero-order valence-corrected chi connectivity index (χ0v) is 11.8. The van der Waals surface area contributed by atoms with Gasteiger partial charge in [0, 0.05) is 24.6 Å². The first-order valence-electron chi connectivity index (χ1n) is 5.74. The number of halogens is 1. The number of hydrogen-bond donors (Lipinski definition) is 2. The standard InChI is InChI=1S/C11H14FN5S2/c12-8-1-2-9(14-7-8)10(13)15-16-11(18)17-3-5-19-6-4-17/h1-2,7H,3-6H2,(H2,13,15)(H,16,18). The Labute approximate surface area is 120 Å². The normalized spacial score (nSPS) is 16.3. The van der Waals surface area contributed by atoms with Crippen LogP contribution in [-0.4, -0.2) is 45.4 Å². The molecule has 0 atom stereocenters. The average molecular weight is 299 g/mol. The first kappa shape index (κ1) is 14.0. The van der Waals surface area contributed by atoms with Crippen LogP contribution in [0.4, 0.5) is 4.39 Å². The molecule has 1 aromatic heterocycles. The van der Waals surface area contributed by atoms with Crippen LogP contribution in [0.3, 0.4) is 0 Å². The van der Waals surface area contributed by atoms with Crippen LogP contribution in [0.25, 0.3) is 0 Å². The van der Waals surface area contributed by atoms with Gasteiger partial charge in [-0.2, -0.15) is 16.9 Å². The minimum Gasteiger partial charge on any atom is -0.380 e. The van der Waals surface area contributed by atoms with Crippen molar-refractivity contribution in [3.63, 3.8) is 0 Å². The highest BCUT2D eigenvalue weighted by Gasteiger charge is 2.13. The van der Waals surface area contributed by atoms with Crippen LogP contribution in [0, 0.1) is 5.82 Å². The maximum Gasteiger partial charge on any atom is 0.189 e. The van der Waals surface area contributed by atoms with E-state index in [0.717, 1.165) is 30.8 Å². The van der Waals surface area contributed by atoms with Crippen molar-refractivity contribution in [2.24, 2.45) is 10.8 Å². The Morgan fingerprint density at radius 3 is 2.84 bits per heavy atom. The molecule has 2 rings (SSSR count). The largest absolute Gasteiger partial charge is 0.380 e. The third kappa shape index (κ3) is 4.03. The van der Waals surface area contributed by atoms with Gasteiger partial charge in [-0.15, -0.1) is 0 Å². The van der Waals surface area contributed by atoms with Gasteiger partial charge in [0.05, 0.1) is 6.20 Å². The Hall–Kier alpha value is -1.41. The summed E-state index contributed by atoms with van der Waals surface area (Å²) in [5, 5.41) is 4.52. The minimum absolute atomic E-state index is 0.175. The van der Waals surface area contributed by atoms with Crippen molar-refractivity contribution in [1.29, 1.82) is 0 Å². The molecular formula is C11H14FN5S2. The summed E-state index contributed by atoms with van der Waals surface area (Å²) in [6, 6.07) is 2.75. The second-order valence-electron chi connectivity index (χ2n) is 3.88. The number of pyridine rings is 1. The van der Waals surface area contributed by atoms with E-state index >= 15 is 0 Å². The SMILES string of the molecule is N/C(=N\NC(=S)N1CCSCC1)c1ccc(F)cn1. The Morgan fingerprint density at radius 1 is 1.47 bits per heavy atom. The van der Waals surface area contributed by atoms with Crippen molar-refractivity contribution in [1.82, 2.24) is 15.3 Å². The van der Waals surface area contributed by atoms with E-state index in [9.17, 15) is 4.39 Å². The lowest BCUT2D eigenvalue weighted by Crippen LogP contribution is -2.43. The van der Waals surface area contributed by atoms with Crippen molar-refractivity contribution < 1.29 is 4.39 Å². The zero-order chi connectivity index (χ0) is 13.7. The summed E-state index contributed by atoms with van der Waals surface area (Å²) >= 11 is 7.13. The highest BCUT2D eigenvalue weighted by atomic mass is 32.2. The minimum atomic E-state index is -0.411. The van der Waals surface area contributed by atoms with Crippen LogP contribution in [0.1, 0.15) is 5.69 Å². The van der Waals surface area contributed by atoms with E-state index < -0.39 is 5.82 Å². The molecule has 1 aromatic rings. The first-order valence-corrected chi connectivity index (χ1v) is 7.31. The highest BCUT2D eigenvalue weighted by molar-refractivity contribution is 7.99. The summed E-state index contributed by atoms with van der Waals surface area (Å²) in [5.41, 5.74) is 8.89. The summed E-state index contributed by atoms with van der Waals surface area (Å²) in [6.07, 6.45) is 1.10. The summed E-state index contributed by atoms with van der Waals surface area (Å²) < 4.78 is 12.7. The number of aromatic nitrogens is 1. The molecule has 19 heavy (non-hydrogen) atoms. The summed E-state index contributed by atoms with van der Waals surface area (Å²) in [7, 11) is 0. The molecule has 1 aliphatic rings. The van der Waals surface area contributed by atoms with Crippen molar-refractivity contribution in [3.8, 4) is 0 Å². The van der Waals surface area contributed by atoms with E-state index in [1.807, 2.05) is 16.7 Å². The van der Waals surface area contributed by atoms with Gasteiger partial charge in [0.1, 0.15) is 11.5 Å². The van der Waals surface area contributed by atoms with Crippen LogP contribution in [0.15, 0.2) is 23.4 Å². The fraction of sp³-hybridized carbons (Fsp3) is 0.364. The van der Waals surface area contributed by atoms with Gasteiger partial charge in [0.2, 0.25) is 0 Å². The zero-order valence-electron chi connectivity index (χ0n) is 10.2. The molecule has 0 saturated carbocycles. The fourth-order valence-corrected chi connectivity index (χ4v) is 2.66. The fourth-order valence-electron chi connectivity index (χ4n) is 1.53. The van der Waals surface area contributed by atoms with E-state index in [1.54, 1.807) is 0 Å². The van der Waals surface area contributed by atoms with Crippen LogP contribution in [-0.2, 0) is 0 Å². The number of nitrogens with one attached hydrogen (secondary N) is 1. The lowest BCUT2D eigenvalue weighted by atomic mass is 10.3. The molecule has 2 heterocycles. The molecular weight excluding hydrogens is 285 g/mol. The number of amidine groups is 1. The lowest BCUT2D eigenvalue weighted by Gasteiger charge is -2.27. The molecule has 1 fully saturated rings. The number of thiocarbonyl (C=S) groups is 1. The maximum absolute atomic E-state index is 12.7. The van der Waals surface area contributed by atoms with Crippen molar-refractivity contribution in [2.45, 2.75) is 0 Å². The van der Waals surface area contributed by atoms with Gasteiger partial charge >= 0.3 is 0 Å². The number of nitrogens with two attached hydrogens (primary N) is 1. The molecule has 0 spiro atoms. The number of thioether (sulfide) groups is 1. The van der Waals surface area contributed by atoms with Crippen molar-refractivity contribution in [2.75, 3.05) is 24.6 Å². The van der Waals surface area contributed by atoms with Gasteiger partial charge in [-0.05, 0) is 24.4 Å². The summed E-state index contributed by atoms with van der Waals surface area (Å²) in [5.74, 6) is 1.88. The van der Waals surface area contributed by atoms with Gasteiger partial charge in [-0.25, -0.2) is 9.37 Å². The molecule has 0 unspecified atom stereocenters. The Bertz CT molecular complexity index is 470. The number of rotatable bonds is 2.